The van der Waals surface area contributed by atoms with E-state index in [0.717, 1.165) is 12.8 Å². The van der Waals surface area contributed by atoms with Crippen LogP contribution in [0.15, 0.2) is 0 Å². The zero-order valence-corrected chi connectivity index (χ0v) is 5.74. The van der Waals surface area contributed by atoms with Crippen LogP contribution in [0.2, 0.25) is 0 Å². The van der Waals surface area contributed by atoms with Gasteiger partial charge in [-0.3, -0.25) is 4.79 Å². The number of unbranched alkanes of at least 4 members (excludes halogenated alkanes) is 1. The first-order valence-electron chi connectivity index (χ1n) is 2.76. The van der Waals surface area contributed by atoms with E-state index in [4.69, 9.17) is 11.6 Å². The first-order chi connectivity index (χ1) is 3.77. The smallest absolute Gasteiger partial charge is 0.198 e. The van der Waals surface area contributed by atoms with Crippen molar-refractivity contribution in [2.75, 3.05) is 0 Å². The van der Waals surface area contributed by atoms with Gasteiger partial charge in [0.15, 0.2) is 6.29 Å². The van der Waals surface area contributed by atoms with Gasteiger partial charge < -0.3 is 0 Å². The Kier molecular flexibility index (Phi) is 5.08. The van der Waals surface area contributed by atoms with E-state index >= 15 is 0 Å². The topological polar surface area (TPSA) is 17.1 Å². The molecule has 0 saturated carbocycles. The fourth-order valence-electron chi connectivity index (χ4n) is 0.456. The third-order valence-electron chi connectivity index (χ3n) is 0.881. The number of hydrogen-bond donors (Lipinski definition) is 0. The van der Waals surface area contributed by atoms with Crippen molar-refractivity contribution >= 4 is 17.9 Å². The lowest BCUT2D eigenvalue weighted by Gasteiger charge is -1.95. The average Bonchev–Trinajstić information content (AvgIpc) is 1.66. The lowest BCUT2D eigenvalue weighted by Crippen LogP contribution is -1.89. The molecule has 1 nitrogen and oxygen atoms in total. The highest BCUT2D eigenvalue weighted by atomic mass is 35.5. The maximum atomic E-state index is 9.62. The minimum Gasteiger partial charge on any atom is -0.291 e. The molecule has 0 aromatic heterocycles. The van der Waals surface area contributed by atoms with Gasteiger partial charge in [0, 0.05) is 11.8 Å². The Bertz CT molecular complexity index is 61.5. The molecule has 0 aliphatic rings. The molecule has 0 rings (SSSR count). The van der Waals surface area contributed by atoms with E-state index in [1.807, 2.05) is 13.2 Å². The van der Waals surface area contributed by atoms with Crippen molar-refractivity contribution in [1.82, 2.24) is 0 Å². The third-order valence-corrected chi connectivity index (χ3v) is 1.10. The predicted molar refractivity (Wildman–Crippen MR) is 34.9 cm³/mol. The number of alkyl halides is 1. The predicted octanol–water partition coefficient (Wildman–Crippen LogP) is 1.89. The Labute approximate surface area is 55.0 Å². The number of halogens is 1. The van der Waals surface area contributed by atoms with Crippen LogP contribution in [-0.4, -0.2) is 11.7 Å². The molecule has 1 radical (unpaired) electrons. The molecule has 0 N–H and O–H groups in total. The molecule has 0 aromatic rings. The van der Waals surface area contributed by atoms with E-state index in [1.54, 1.807) is 0 Å². The zero-order chi connectivity index (χ0) is 6.41. The normalized spacial score (nSPS) is 13.2. The Balaban J connectivity index is 2.81. The molecular weight excluding hydrogens is 124 g/mol. The van der Waals surface area contributed by atoms with E-state index in [0.29, 0.717) is 6.42 Å². The van der Waals surface area contributed by atoms with Gasteiger partial charge in [0.05, 0.1) is 0 Å². The quantitative estimate of drug-likeness (QED) is 0.423. The maximum Gasteiger partial charge on any atom is 0.198 e. The minimum absolute atomic E-state index is 0.198. The molecule has 0 heterocycles. The third kappa shape index (κ3) is 5.96. The molecule has 8 heavy (non-hydrogen) atoms. The highest BCUT2D eigenvalue weighted by Gasteiger charge is 1.93. The zero-order valence-electron chi connectivity index (χ0n) is 4.98. The highest BCUT2D eigenvalue weighted by Crippen LogP contribution is 2.04. The summed E-state index contributed by atoms with van der Waals surface area (Å²) in [6.07, 6.45) is 4.12. The summed E-state index contributed by atoms with van der Waals surface area (Å²) in [6, 6.07) is 0. The first-order valence-corrected chi connectivity index (χ1v) is 3.20. The van der Waals surface area contributed by atoms with Gasteiger partial charge in [0.2, 0.25) is 0 Å². The number of carbonyl (C=O) groups excluding carboxylic acids is 1. The SMILES string of the molecule is CC(Cl)CCC[C]=O. The van der Waals surface area contributed by atoms with Gasteiger partial charge in [-0.05, 0) is 19.8 Å². The molecule has 47 valence electrons. The maximum absolute atomic E-state index is 9.62. The van der Waals surface area contributed by atoms with E-state index in [2.05, 4.69) is 0 Å². The van der Waals surface area contributed by atoms with Crippen LogP contribution in [0.4, 0.5) is 0 Å². The van der Waals surface area contributed by atoms with Gasteiger partial charge in [-0.2, -0.15) is 0 Å². The first kappa shape index (κ1) is 7.96. The largest absolute Gasteiger partial charge is 0.291 e. The van der Waals surface area contributed by atoms with Crippen LogP contribution < -0.4 is 0 Å². The van der Waals surface area contributed by atoms with Gasteiger partial charge >= 0.3 is 0 Å². The van der Waals surface area contributed by atoms with Gasteiger partial charge in [0.1, 0.15) is 0 Å². The van der Waals surface area contributed by atoms with Crippen molar-refractivity contribution in [3.05, 3.63) is 0 Å². The second-order valence-electron chi connectivity index (χ2n) is 1.82. The van der Waals surface area contributed by atoms with Crippen molar-refractivity contribution < 1.29 is 4.79 Å². The number of hydrogen-bond acceptors (Lipinski definition) is 1. The monoisotopic (exact) mass is 133 g/mol. The molecular formula is C6H10ClO. The molecule has 2 heteroatoms. The lowest BCUT2D eigenvalue weighted by atomic mass is 10.2. The van der Waals surface area contributed by atoms with Crippen LogP contribution in [0.5, 0.6) is 0 Å². The Morgan fingerprint density at radius 3 is 2.75 bits per heavy atom. The summed E-state index contributed by atoms with van der Waals surface area (Å²) in [7, 11) is 0. The summed E-state index contributed by atoms with van der Waals surface area (Å²) in [5, 5.41) is 0.198. The van der Waals surface area contributed by atoms with Gasteiger partial charge in [0.25, 0.3) is 0 Å². The molecule has 0 amide bonds. The molecule has 0 bridgehead atoms. The Hall–Kier alpha value is -0.0400. The molecule has 0 aliphatic heterocycles. The van der Waals surface area contributed by atoms with E-state index in [-0.39, 0.29) is 5.38 Å². The van der Waals surface area contributed by atoms with Crippen molar-refractivity contribution in [2.45, 2.75) is 31.6 Å². The molecule has 0 spiro atoms. The Morgan fingerprint density at radius 1 is 1.75 bits per heavy atom. The summed E-state index contributed by atoms with van der Waals surface area (Å²) < 4.78 is 0. The number of rotatable bonds is 4. The standard InChI is InChI=1S/C6H10ClO/c1-6(7)4-2-3-5-8/h6H,2-4H2,1H3. The van der Waals surface area contributed by atoms with Gasteiger partial charge in [-0.15, -0.1) is 11.6 Å². The summed E-state index contributed by atoms with van der Waals surface area (Å²) in [5.74, 6) is 0. The fraction of sp³-hybridized carbons (Fsp3) is 0.833. The summed E-state index contributed by atoms with van der Waals surface area (Å²) >= 11 is 5.58. The van der Waals surface area contributed by atoms with E-state index in [9.17, 15) is 4.79 Å². The summed E-state index contributed by atoms with van der Waals surface area (Å²) in [5.41, 5.74) is 0. The fourth-order valence-corrected chi connectivity index (χ4v) is 0.610. The molecule has 1 unspecified atom stereocenters. The van der Waals surface area contributed by atoms with E-state index in [1.165, 1.54) is 0 Å². The van der Waals surface area contributed by atoms with Crippen molar-refractivity contribution in [1.29, 1.82) is 0 Å². The van der Waals surface area contributed by atoms with Crippen LogP contribution in [0.1, 0.15) is 26.2 Å². The molecule has 0 aliphatic carbocycles. The highest BCUT2D eigenvalue weighted by molar-refractivity contribution is 6.20. The van der Waals surface area contributed by atoms with Crippen molar-refractivity contribution in [2.24, 2.45) is 0 Å². The Morgan fingerprint density at radius 2 is 2.38 bits per heavy atom. The van der Waals surface area contributed by atoms with Crippen LogP contribution >= 0.6 is 11.6 Å². The van der Waals surface area contributed by atoms with Crippen molar-refractivity contribution in [3.63, 3.8) is 0 Å². The molecule has 0 fully saturated rings. The summed E-state index contributed by atoms with van der Waals surface area (Å²) in [4.78, 5) is 9.62. The second-order valence-corrected chi connectivity index (χ2v) is 2.56. The average molecular weight is 134 g/mol. The van der Waals surface area contributed by atoms with E-state index < -0.39 is 0 Å². The van der Waals surface area contributed by atoms with Crippen LogP contribution in [-0.2, 0) is 4.79 Å². The molecule has 0 aromatic carbocycles. The minimum atomic E-state index is 0.198. The molecule has 1 atom stereocenters. The van der Waals surface area contributed by atoms with Gasteiger partial charge in [-0.1, -0.05) is 0 Å². The van der Waals surface area contributed by atoms with Crippen LogP contribution in [0, 0.1) is 0 Å². The lowest BCUT2D eigenvalue weighted by molar-refractivity contribution is 0.546. The van der Waals surface area contributed by atoms with Crippen molar-refractivity contribution in [3.8, 4) is 0 Å². The van der Waals surface area contributed by atoms with Gasteiger partial charge in [-0.25, -0.2) is 0 Å². The van der Waals surface area contributed by atoms with Crippen LogP contribution in [0.25, 0.3) is 0 Å². The second kappa shape index (κ2) is 5.10. The van der Waals surface area contributed by atoms with Crippen LogP contribution in [0.3, 0.4) is 0 Å². The summed E-state index contributed by atoms with van der Waals surface area (Å²) in [6.45, 7) is 1.92. The molecule has 0 saturated heterocycles.